The number of pyridine rings is 1. The van der Waals surface area contributed by atoms with Crippen molar-refractivity contribution in [3.8, 4) is 6.07 Å². The maximum absolute atomic E-state index is 13.2. The van der Waals surface area contributed by atoms with Crippen molar-refractivity contribution in [2.45, 2.75) is 19.8 Å². The molecule has 3 aromatic rings. The van der Waals surface area contributed by atoms with Crippen LogP contribution in [0.4, 0.5) is 5.69 Å². The maximum atomic E-state index is 13.2. The number of esters is 2. The van der Waals surface area contributed by atoms with Gasteiger partial charge >= 0.3 is 11.9 Å². The van der Waals surface area contributed by atoms with E-state index < -0.39 is 17.9 Å². The lowest BCUT2D eigenvalue weighted by molar-refractivity contribution is -0.139. The molecule has 1 aliphatic rings. The molecule has 1 aliphatic heterocycles. The number of hydrogen-bond donors (Lipinski definition) is 2. The zero-order valence-corrected chi connectivity index (χ0v) is 20.2. The number of aryl methyl sites for hydroxylation is 2. The van der Waals surface area contributed by atoms with E-state index in [4.69, 9.17) is 15.2 Å². The summed E-state index contributed by atoms with van der Waals surface area (Å²) in [5.41, 5.74) is 9.00. The van der Waals surface area contributed by atoms with Gasteiger partial charge in [0.25, 0.3) is 0 Å². The van der Waals surface area contributed by atoms with E-state index in [1.54, 1.807) is 43.3 Å². The van der Waals surface area contributed by atoms with Gasteiger partial charge in [0.1, 0.15) is 11.5 Å². The number of nitrogens with two attached hydrogens (primary N) is 1. The second-order valence-corrected chi connectivity index (χ2v) is 8.34. The van der Waals surface area contributed by atoms with Crippen molar-refractivity contribution in [2.24, 2.45) is 5.73 Å². The second-order valence-electron chi connectivity index (χ2n) is 8.34. The topological polar surface area (TPSA) is 139 Å². The molecule has 2 heterocycles. The van der Waals surface area contributed by atoms with Gasteiger partial charge in [0.2, 0.25) is 5.56 Å². The van der Waals surface area contributed by atoms with E-state index >= 15 is 0 Å². The number of carbonyl (C=O) groups excluding carboxylic acids is 2. The van der Waals surface area contributed by atoms with Crippen LogP contribution < -0.4 is 16.2 Å². The minimum Gasteiger partial charge on any atom is -0.466 e. The zero-order valence-electron chi connectivity index (χ0n) is 20.2. The summed E-state index contributed by atoms with van der Waals surface area (Å²) >= 11 is 0. The third-order valence-corrected chi connectivity index (χ3v) is 6.22. The molecule has 182 valence electrons. The fourth-order valence-electron chi connectivity index (χ4n) is 4.57. The van der Waals surface area contributed by atoms with Gasteiger partial charge in [-0.05, 0) is 42.7 Å². The molecule has 9 nitrogen and oxygen atoms in total. The summed E-state index contributed by atoms with van der Waals surface area (Å²) in [6.07, 6.45) is 0. The maximum Gasteiger partial charge on any atom is 0.355 e. The number of benzene rings is 2. The Morgan fingerprint density at radius 2 is 1.69 bits per heavy atom. The van der Waals surface area contributed by atoms with E-state index in [1.807, 2.05) is 13.0 Å². The van der Waals surface area contributed by atoms with Gasteiger partial charge in [0.15, 0.2) is 0 Å². The molecule has 4 rings (SSSR count). The van der Waals surface area contributed by atoms with Gasteiger partial charge < -0.3 is 20.2 Å². The van der Waals surface area contributed by atoms with Crippen LogP contribution >= 0.6 is 0 Å². The molecule has 0 bridgehead atoms. The number of methoxy groups -OCH3 is 2. The van der Waals surface area contributed by atoms with Crippen LogP contribution in [0.2, 0.25) is 0 Å². The number of allylic oxidation sites excluding steroid dienone is 1. The highest BCUT2D eigenvalue weighted by molar-refractivity contribution is 6.07. The molecular formula is C27H24N4O5. The van der Waals surface area contributed by atoms with Crippen LogP contribution in [0.15, 0.2) is 76.0 Å². The van der Waals surface area contributed by atoms with Crippen LogP contribution in [-0.4, -0.2) is 31.1 Å². The summed E-state index contributed by atoms with van der Waals surface area (Å²) in [6, 6.07) is 15.9. The van der Waals surface area contributed by atoms with E-state index in [-0.39, 0.29) is 28.2 Å². The molecule has 0 spiro atoms. The monoisotopic (exact) mass is 484 g/mol. The third kappa shape index (κ3) is 3.88. The Labute approximate surface area is 207 Å². The summed E-state index contributed by atoms with van der Waals surface area (Å²) in [5.74, 6) is -2.65. The highest BCUT2D eigenvalue weighted by Crippen LogP contribution is 2.44. The lowest BCUT2D eigenvalue weighted by atomic mass is 9.80. The first-order chi connectivity index (χ1) is 17.2. The van der Waals surface area contributed by atoms with E-state index in [0.29, 0.717) is 22.3 Å². The minimum atomic E-state index is -0.961. The Morgan fingerprint density at radius 3 is 2.31 bits per heavy atom. The number of nitriles is 1. The van der Waals surface area contributed by atoms with E-state index in [2.05, 4.69) is 11.1 Å². The Kier molecular flexibility index (Phi) is 6.36. The zero-order chi connectivity index (χ0) is 26.1. The van der Waals surface area contributed by atoms with Crippen molar-refractivity contribution in [3.05, 3.63) is 98.2 Å². The molecule has 9 heteroatoms. The summed E-state index contributed by atoms with van der Waals surface area (Å²) in [6.45, 7) is 3.62. The van der Waals surface area contributed by atoms with Gasteiger partial charge in [0.05, 0.1) is 48.6 Å². The normalized spacial score (nSPS) is 15.6. The predicted octanol–water partition coefficient (Wildman–Crippen LogP) is 3.04. The quantitative estimate of drug-likeness (QED) is 0.539. The fraction of sp³-hybridized carbons (Fsp3) is 0.185. The summed E-state index contributed by atoms with van der Waals surface area (Å²) in [4.78, 5) is 42.7. The number of rotatable bonds is 4. The number of aromatic nitrogens is 1. The molecule has 0 aliphatic carbocycles. The lowest BCUT2D eigenvalue weighted by Crippen LogP contribution is -2.41. The number of anilines is 1. The first-order valence-electron chi connectivity index (χ1n) is 11.0. The predicted molar refractivity (Wildman–Crippen MR) is 134 cm³/mol. The number of carbonyl (C=O) groups is 2. The van der Waals surface area contributed by atoms with Gasteiger partial charge in [-0.1, -0.05) is 30.3 Å². The number of nitrogens with zero attached hydrogens (tertiary/aromatic N) is 2. The number of H-pyrrole nitrogens is 1. The van der Waals surface area contributed by atoms with Crippen molar-refractivity contribution in [1.82, 2.24) is 4.98 Å². The summed E-state index contributed by atoms with van der Waals surface area (Å²) < 4.78 is 10.1. The van der Waals surface area contributed by atoms with Crippen LogP contribution in [-0.2, 0) is 19.1 Å². The second kappa shape index (κ2) is 9.43. The molecule has 1 aromatic heterocycles. The molecular weight excluding hydrogens is 460 g/mol. The van der Waals surface area contributed by atoms with Crippen molar-refractivity contribution >= 4 is 28.5 Å². The summed E-state index contributed by atoms with van der Waals surface area (Å²) in [7, 11) is 2.38. The molecule has 3 N–H and O–H groups in total. The van der Waals surface area contributed by atoms with Gasteiger partial charge in [0, 0.05) is 11.5 Å². The average molecular weight is 485 g/mol. The standard InChI is InChI=1S/C27H24N4O5/c1-14-11-21(32)30-19-12-20(15(2)10-17(14)19)31-24(27(34)36-4)23(26(33)35-3)22(18(13-28)25(31)29)16-8-6-5-7-9-16/h5-12,22H,29H2,1-4H3,(H,30,32). The number of fused-ring (bicyclic) bond motifs is 1. The van der Waals surface area contributed by atoms with Crippen LogP contribution in [0.5, 0.6) is 0 Å². The lowest BCUT2D eigenvalue weighted by Gasteiger charge is -2.36. The molecule has 1 atom stereocenters. The Hall–Kier alpha value is -4.84. The first-order valence-corrected chi connectivity index (χ1v) is 11.0. The number of ether oxygens (including phenoxy) is 2. The minimum absolute atomic E-state index is 0.0446. The van der Waals surface area contributed by atoms with Crippen LogP contribution in [0.3, 0.4) is 0 Å². The van der Waals surface area contributed by atoms with E-state index in [1.165, 1.54) is 25.2 Å². The molecule has 0 saturated carbocycles. The van der Waals surface area contributed by atoms with Gasteiger partial charge in [-0.2, -0.15) is 5.26 Å². The highest BCUT2D eigenvalue weighted by Gasteiger charge is 2.43. The van der Waals surface area contributed by atoms with Gasteiger partial charge in [-0.3, -0.25) is 9.69 Å². The number of hydrogen-bond acceptors (Lipinski definition) is 8. The fourth-order valence-corrected chi connectivity index (χ4v) is 4.57. The number of nitrogens with one attached hydrogen (secondary N) is 1. The van der Waals surface area contributed by atoms with Crippen LogP contribution in [0.25, 0.3) is 10.9 Å². The van der Waals surface area contributed by atoms with E-state index in [0.717, 1.165) is 10.9 Å². The largest absolute Gasteiger partial charge is 0.466 e. The third-order valence-electron chi connectivity index (χ3n) is 6.22. The molecule has 36 heavy (non-hydrogen) atoms. The Morgan fingerprint density at radius 1 is 1.03 bits per heavy atom. The van der Waals surface area contributed by atoms with Crippen LogP contribution in [0, 0.1) is 25.2 Å². The number of aromatic amines is 1. The molecule has 0 radical (unpaired) electrons. The van der Waals surface area contributed by atoms with Crippen molar-refractivity contribution < 1.29 is 19.1 Å². The Bertz CT molecular complexity index is 1560. The molecule has 0 saturated heterocycles. The van der Waals surface area contributed by atoms with Gasteiger partial charge in [-0.15, -0.1) is 0 Å². The Balaban J connectivity index is 2.12. The average Bonchev–Trinajstić information content (AvgIpc) is 2.87. The highest BCUT2D eigenvalue weighted by atomic mass is 16.5. The molecule has 0 amide bonds. The van der Waals surface area contributed by atoms with Crippen LogP contribution in [0.1, 0.15) is 22.6 Å². The van der Waals surface area contributed by atoms with E-state index in [9.17, 15) is 19.6 Å². The molecule has 0 fully saturated rings. The smallest absolute Gasteiger partial charge is 0.355 e. The van der Waals surface area contributed by atoms with Gasteiger partial charge in [-0.25, -0.2) is 9.59 Å². The SMILES string of the molecule is COC(=O)C1=C(C(=O)OC)N(c2cc3[nH]c(=O)cc(C)c3cc2C)C(N)=C(C#N)C1c1ccccc1. The molecule has 1 unspecified atom stereocenters. The first kappa shape index (κ1) is 24.3. The van der Waals surface area contributed by atoms with Crippen molar-refractivity contribution in [3.63, 3.8) is 0 Å². The molecule has 2 aromatic carbocycles. The van der Waals surface area contributed by atoms with Crippen molar-refractivity contribution in [2.75, 3.05) is 19.1 Å². The van der Waals surface area contributed by atoms with Crippen molar-refractivity contribution in [1.29, 1.82) is 5.26 Å². The summed E-state index contributed by atoms with van der Waals surface area (Å²) in [5, 5.41) is 11.0.